The van der Waals surface area contributed by atoms with Crippen LogP contribution < -0.4 is 11.1 Å². The Morgan fingerprint density at radius 1 is 1.12 bits per heavy atom. The Kier molecular flexibility index (Phi) is 4.66. The predicted octanol–water partition coefficient (Wildman–Crippen LogP) is 2.11. The molecule has 132 valence electrons. The van der Waals surface area contributed by atoms with Gasteiger partial charge in [-0.05, 0) is 49.4 Å². The summed E-state index contributed by atoms with van der Waals surface area (Å²) in [7, 11) is 0. The fourth-order valence-corrected chi connectivity index (χ4v) is 2.23. The average molecular weight is 353 g/mol. The lowest BCUT2D eigenvalue weighted by Gasteiger charge is -2.13. The van der Waals surface area contributed by atoms with Crippen LogP contribution in [0.15, 0.2) is 53.3 Å². The third kappa shape index (κ3) is 3.69. The van der Waals surface area contributed by atoms with Crippen LogP contribution in [-0.2, 0) is 9.53 Å². The smallest absolute Gasteiger partial charge is 0.338 e. The number of hydrogen-bond acceptors (Lipinski definition) is 6. The van der Waals surface area contributed by atoms with Crippen LogP contribution in [0.25, 0.3) is 11.1 Å². The van der Waals surface area contributed by atoms with E-state index in [0.717, 1.165) is 0 Å². The van der Waals surface area contributed by atoms with Crippen LogP contribution in [0.5, 0.6) is 0 Å². The summed E-state index contributed by atoms with van der Waals surface area (Å²) in [5.74, 6) is -1.72. The third-order valence-electron chi connectivity index (χ3n) is 3.66. The molecule has 3 N–H and O–H groups in total. The molecule has 2 aromatic carbocycles. The molecule has 2 amide bonds. The molecule has 0 aliphatic rings. The minimum absolute atomic E-state index is 0.261. The van der Waals surface area contributed by atoms with Gasteiger partial charge in [0.2, 0.25) is 5.91 Å². The lowest BCUT2D eigenvalue weighted by molar-refractivity contribution is -0.123. The number of benzene rings is 2. The van der Waals surface area contributed by atoms with Crippen molar-refractivity contribution >= 4 is 34.6 Å². The number of amides is 2. The van der Waals surface area contributed by atoms with Crippen LogP contribution in [0.2, 0.25) is 0 Å². The number of nitrogens with zero attached hydrogens (tertiary/aromatic N) is 1. The van der Waals surface area contributed by atoms with Gasteiger partial charge in [0.1, 0.15) is 5.52 Å². The summed E-state index contributed by atoms with van der Waals surface area (Å²) in [6, 6.07) is 10.7. The Morgan fingerprint density at radius 2 is 1.81 bits per heavy atom. The zero-order valence-electron chi connectivity index (χ0n) is 13.8. The maximum atomic E-state index is 12.2. The van der Waals surface area contributed by atoms with E-state index in [4.69, 9.17) is 14.9 Å². The van der Waals surface area contributed by atoms with Gasteiger partial charge in [-0.1, -0.05) is 0 Å². The summed E-state index contributed by atoms with van der Waals surface area (Å²) in [6.07, 6.45) is 0.255. The first-order valence-corrected chi connectivity index (χ1v) is 7.69. The van der Waals surface area contributed by atoms with Crippen molar-refractivity contribution in [2.75, 3.05) is 5.32 Å². The second-order valence-corrected chi connectivity index (χ2v) is 5.51. The van der Waals surface area contributed by atoms with E-state index in [1.807, 2.05) is 0 Å². The molecule has 3 rings (SSSR count). The first kappa shape index (κ1) is 17.2. The van der Waals surface area contributed by atoms with Crippen molar-refractivity contribution in [1.82, 2.24) is 4.98 Å². The summed E-state index contributed by atoms with van der Waals surface area (Å²) in [5, 5.41) is 2.59. The number of carbonyl (C=O) groups excluding carboxylic acids is 3. The SMILES string of the molecule is CC(OC(=O)c1ccc2ocnc2c1)C(=O)Nc1ccc(C(N)=O)cc1. The van der Waals surface area contributed by atoms with E-state index in [0.29, 0.717) is 22.4 Å². The first-order chi connectivity index (χ1) is 12.4. The van der Waals surface area contributed by atoms with Crippen molar-refractivity contribution in [3.05, 3.63) is 60.0 Å². The molecule has 0 spiro atoms. The third-order valence-corrected chi connectivity index (χ3v) is 3.66. The molecule has 1 unspecified atom stereocenters. The highest BCUT2D eigenvalue weighted by molar-refractivity contribution is 5.99. The van der Waals surface area contributed by atoms with E-state index in [1.54, 1.807) is 6.07 Å². The second-order valence-electron chi connectivity index (χ2n) is 5.51. The molecule has 0 fully saturated rings. The number of hydrogen-bond donors (Lipinski definition) is 2. The minimum Gasteiger partial charge on any atom is -0.449 e. The highest BCUT2D eigenvalue weighted by atomic mass is 16.5. The van der Waals surface area contributed by atoms with Crippen molar-refractivity contribution in [2.45, 2.75) is 13.0 Å². The highest BCUT2D eigenvalue weighted by Crippen LogP contribution is 2.16. The summed E-state index contributed by atoms with van der Waals surface area (Å²) < 4.78 is 10.3. The molecule has 1 atom stereocenters. The maximum absolute atomic E-state index is 12.2. The van der Waals surface area contributed by atoms with Gasteiger partial charge in [0.15, 0.2) is 18.1 Å². The molecule has 0 aliphatic heterocycles. The topological polar surface area (TPSA) is 125 Å². The molecule has 0 saturated heterocycles. The Balaban J connectivity index is 1.62. The predicted molar refractivity (Wildman–Crippen MR) is 92.5 cm³/mol. The molecule has 0 radical (unpaired) electrons. The van der Waals surface area contributed by atoms with Gasteiger partial charge in [-0.3, -0.25) is 9.59 Å². The molecule has 8 nitrogen and oxygen atoms in total. The number of esters is 1. The molecular weight excluding hydrogens is 338 g/mol. The van der Waals surface area contributed by atoms with E-state index in [9.17, 15) is 14.4 Å². The van der Waals surface area contributed by atoms with Crippen LogP contribution in [0.4, 0.5) is 5.69 Å². The molecular formula is C18H15N3O5. The minimum atomic E-state index is -1.02. The van der Waals surface area contributed by atoms with Crippen molar-refractivity contribution in [2.24, 2.45) is 5.73 Å². The Bertz CT molecular complexity index is 978. The lowest BCUT2D eigenvalue weighted by Crippen LogP contribution is -2.30. The number of oxazole rings is 1. The fraction of sp³-hybridized carbons (Fsp3) is 0.111. The highest BCUT2D eigenvalue weighted by Gasteiger charge is 2.19. The number of nitrogens with one attached hydrogen (secondary N) is 1. The van der Waals surface area contributed by atoms with Crippen LogP contribution in [0, 0.1) is 0 Å². The van der Waals surface area contributed by atoms with Gasteiger partial charge in [0.05, 0.1) is 5.56 Å². The van der Waals surface area contributed by atoms with Crippen LogP contribution in [-0.4, -0.2) is 28.9 Å². The normalized spacial score (nSPS) is 11.7. The largest absolute Gasteiger partial charge is 0.449 e. The van der Waals surface area contributed by atoms with E-state index < -0.39 is 23.9 Å². The van der Waals surface area contributed by atoms with Gasteiger partial charge >= 0.3 is 5.97 Å². The first-order valence-electron chi connectivity index (χ1n) is 7.69. The van der Waals surface area contributed by atoms with Crippen molar-refractivity contribution in [1.29, 1.82) is 0 Å². The summed E-state index contributed by atoms with van der Waals surface area (Å²) in [5.41, 5.74) is 7.26. The number of anilines is 1. The summed E-state index contributed by atoms with van der Waals surface area (Å²) in [6.45, 7) is 1.46. The summed E-state index contributed by atoms with van der Waals surface area (Å²) >= 11 is 0. The van der Waals surface area contributed by atoms with E-state index in [-0.39, 0.29) is 5.56 Å². The zero-order valence-corrected chi connectivity index (χ0v) is 13.8. The average Bonchev–Trinajstić information content (AvgIpc) is 3.09. The molecule has 26 heavy (non-hydrogen) atoms. The number of primary amides is 1. The molecule has 1 heterocycles. The number of fused-ring (bicyclic) bond motifs is 1. The van der Waals surface area contributed by atoms with E-state index >= 15 is 0 Å². The van der Waals surface area contributed by atoms with Gasteiger partial charge in [-0.2, -0.15) is 0 Å². The quantitative estimate of drug-likeness (QED) is 0.677. The van der Waals surface area contributed by atoms with Crippen molar-refractivity contribution < 1.29 is 23.5 Å². The van der Waals surface area contributed by atoms with Gasteiger partial charge in [-0.25, -0.2) is 9.78 Å². The van der Waals surface area contributed by atoms with Crippen molar-refractivity contribution in [3.8, 4) is 0 Å². The fourth-order valence-electron chi connectivity index (χ4n) is 2.23. The van der Waals surface area contributed by atoms with Gasteiger partial charge in [0.25, 0.3) is 5.91 Å². The standard InChI is InChI=1S/C18H15N3O5/c1-10(17(23)21-13-5-2-11(3-6-13)16(19)22)26-18(24)12-4-7-15-14(8-12)20-9-25-15/h2-10H,1H3,(H2,19,22)(H,21,23). The monoisotopic (exact) mass is 353 g/mol. The number of ether oxygens (including phenoxy) is 1. The Labute approximate surface area is 147 Å². The molecule has 3 aromatic rings. The molecule has 0 aliphatic carbocycles. The van der Waals surface area contributed by atoms with Gasteiger partial charge in [0, 0.05) is 11.3 Å². The zero-order chi connectivity index (χ0) is 18.7. The number of aromatic nitrogens is 1. The molecule has 8 heteroatoms. The van der Waals surface area contributed by atoms with Crippen LogP contribution in [0.1, 0.15) is 27.6 Å². The van der Waals surface area contributed by atoms with E-state index in [1.165, 1.54) is 49.7 Å². The number of rotatable bonds is 5. The van der Waals surface area contributed by atoms with Crippen LogP contribution in [0.3, 0.4) is 0 Å². The summed E-state index contributed by atoms with van der Waals surface area (Å²) in [4.78, 5) is 39.3. The Hall–Kier alpha value is -3.68. The van der Waals surface area contributed by atoms with Crippen LogP contribution >= 0.6 is 0 Å². The maximum Gasteiger partial charge on any atom is 0.338 e. The molecule has 0 bridgehead atoms. The second kappa shape index (κ2) is 7.06. The van der Waals surface area contributed by atoms with Gasteiger partial charge < -0.3 is 20.2 Å². The lowest BCUT2D eigenvalue weighted by atomic mass is 10.2. The van der Waals surface area contributed by atoms with Gasteiger partial charge in [-0.15, -0.1) is 0 Å². The molecule has 1 aromatic heterocycles. The number of carbonyl (C=O) groups is 3. The Morgan fingerprint density at radius 3 is 2.50 bits per heavy atom. The number of nitrogens with two attached hydrogens (primary N) is 1. The molecule has 0 saturated carbocycles. The van der Waals surface area contributed by atoms with Crippen molar-refractivity contribution in [3.63, 3.8) is 0 Å². The van der Waals surface area contributed by atoms with E-state index in [2.05, 4.69) is 10.3 Å².